The van der Waals surface area contributed by atoms with Gasteiger partial charge in [-0.15, -0.1) is 8.81 Å². The molecule has 12 heteroatoms. The second kappa shape index (κ2) is 8.70. The van der Waals surface area contributed by atoms with Crippen molar-refractivity contribution in [1.82, 2.24) is 9.84 Å². The largest absolute Gasteiger partial charge is 0.288 e. The van der Waals surface area contributed by atoms with Gasteiger partial charge >= 0.3 is 0 Å². The molecule has 0 unspecified atom stereocenters. The number of amides is 1. The van der Waals surface area contributed by atoms with E-state index in [0.717, 1.165) is 5.56 Å². The summed E-state index contributed by atoms with van der Waals surface area (Å²) in [6.07, 6.45) is 0. The maximum atomic E-state index is 13.7. The number of rotatable bonds is 3. The highest BCUT2D eigenvalue weighted by Crippen LogP contribution is 2.29. The molecule has 1 amide bonds. The molecule has 3 aromatic rings. The van der Waals surface area contributed by atoms with Gasteiger partial charge in [0.1, 0.15) is 4.90 Å². The Morgan fingerprint density at radius 3 is 2.38 bits per heavy atom. The summed E-state index contributed by atoms with van der Waals surface area (Å²) in [6, 6.07) is 14.4. The van der Waals surface area contributed by atoms with Gasteiger partial charge in [0.05, 0.1) is 15.5 Å². The van der Waals surface area contributed by atoms with Gasteiger partial charge in [-0.05, 0) is 55.8 Å². The highest BCUT2D eigenvalue weighted by molar-refractivity contribution is 7.91. The van der Waals surface area contributed by atoms with Crippen LogP contribution in [0.4, 0.5) is 0 Å². The molecule has 34 heavy (non-hydrogen) atoms. The van der Waals surface area contributed by atoms with Gasteiger partial charge in [-0.1, -0.05) is 53.0 Å². The Bertz CT molecular complexity index is 1590. The van der Waals surface area contributed by atoms with E-state index in [0.29, 0.717) is 9.98 Å². The number of carbonyl (C=O) groups excluding carboxylic acids is 1. The zero-order valence-corrected chi connectivity index (χ0v) is 20.9. The van der Waals surface area contributed by atoms with Crippen LogP contribution in [0.5, 0.6) is 0 Å². The molecule has 1 aliphatic rings. The highest BCUT2D eigenvalue weighted by Gasteiger charge is 2.37. The minimum Gasteiger partial charge on any atom is -0.266 e. The number of carbonyl (C=O) groups is 1. The van der Waals surface area contributed by atoms with Crippen LogP contribution < -0.4 is 5.43 Å². The van der Waals surface area contributed by atoms with Gasteiger partial charge in [0.2, 0.25) is 0 Å². The predicted octanol–water partition coefficient (Wildman–Crippen LogP) is 4.10. The Labute approximate surface area is 206 Å². The number of hydrogen-bond donors (Lipinski definition) is 1. The van der Waals surface area contributed by atoms with E-state index in [-0.39, 0.29) is 36.8 Å². The first-order valence-electron chi connectivity index (χ1n) is 9.75. The van der Waals surface area contributed by atoms with Crippen molar-refractivity contribution in [3.8, 4) is 0 Å². The minimum absolute atomic E-state index is 0.0819. The molecule has 0 spiro atoms. The molecule has 1 heterocycles. The molecule has 0 saturated carbocycles. The summed E-state index contributed by atoms with van der Waals surface area (Å²) in [5.41, 5.74) is 3.60. The zero-order valence-electron chi connectivity index (χ0n) is 17.8. The molecule has 0 aliphatic carbocycles. The van der Waals surface area contributed by atoms with Crippen LogP contribution in [-0.2, 0) is 20.0 Å². The van der Waals surface area contributed by atoms with Crippen LogP contribution in [0.2, 0.25) is 10.0 Å². The van der Waals surface area contributed by atoms with Gasteiger partial charge in [-0.2, -0.15) is 16.8 Å². The Balaban J connectivity index is 1.88. The molecule has 8 nitrogen and oxygen atoms in total. The summed E-state index contributed by atoms with van der Waals surface area (Å²) in [5.74, 6) is -1.37. The topological polar surface area (TPSA) is 113 Å². The molecular weight excluding hydrogens is 521 g/mol. The van der Waals surface area contributed by atoms with Crippen LogP contribution in [0.25, 0.3) is 0 Å². The van der Waals surface area contributed by atoms with Gasteiger partial charge in [0.25, 0.3) is 26.0 Å². The van der Waals surface area contributed by atoms with E-state index in [1.165, 1.54) is 42.5 Å². The lowest BCUT2D eigenvalue weighted by Gasteiger charge is -2.25. The lowest BCUT2D eigenvalue weighted by atomic mass is 10.2. The Hall–Kier alpha value is -2.92. The van der Waals surface area contributed by atoms with E-state index in [1.807, 2.05) is 0 Å². The second-order valence-electron chi connectivity index (χ2n) is 7.49. The van der Waals surface area contributed by atoms with Crippen LogP contribution in [0.3, 0.4) is 0 Å². The van der Waals surface area contributed by atoms with Crippen molar-refractivity contribution in [2.75, 3.05) is 0 Å². The Kier molecular flexibility index (Phi) is 6.19. The molecular formula is C22H17Cl2N3O5S2. The van der Waals surface area contributed by atoms with Crippen molar-refractivity contribution in [2.24, 2.45) is 4.40 Å². The number of hydrazine groups is 1. The molecule has 0 radical (unpaired) electrons. The van der Waals surface area contributed by atoms with Crippen LogP contribution in [0.15, 0.2) is 74.9 Å². The average Bonchev–Trinajstić information content (AvgIpc) is 3.01. The second-order valence-corrected chi connectivity index (χ2v) is 11.7. The first-order chi connectivity index (χ1) is 15.9. The maximum absolute atomic E-state index is 13.7. The molecule has 176 valence electrons. The number of nitrogens with zero attached hydrogens (tertiary/aromatic N) is 2. The van der Waals surface area contributed by atoms with Crippen LogP contribution in [0.1, 0.15) is 27.0 Å². The molecule has 0 aromatic heterocycles. The highest BCUT2D eigenvalue weighted by atomic mass is 35.5. The molecule has 0 fully saturated rings. The normalized spacial score (nSPS) is 14.3. The Morgan fingerprint density at radius 2 is 1.71 bits per heavy atom. The molecule has 0 bridgehead atoms. The van der Waals surface area contributed by atoms with Crippen molar-refractivity contribution in [2.45, 2.75) is 23.6 Å². The standard InChI is InChI=1S/C22H17Cl2N3O5S2/c1-13-7-10-19(14(2)11-13)34(31,32)27(22(28)16-9-8-15(23)12-18(16)24)25-21-17-5-3-4-6-20(17)33(29,30)26-21/h3-12H,1-2H3,(H,25,26). The summed E-state index contributed by atoms with van der Waals surface area (Å²) in [5, 5.41) is 0.167. The van der Waals surface area contributed by atoms with E-state index in [2.05, 4.69) is 9.82 Å². The number of amidine groups is 1. The summed E-state index contributed by atoms with van der Waals surface area (Å²) < 4.78 is 56.3. The van der Waals surface area contributed by atoms with Gasteiger partial charge in [0, 0.05) is 10.6 Å². The Morgan fingerprint density at radius 1 is 1.00 bits per heavy atom. The average molecular weight is 538 g/mol. The summed E-state index contributed by atoms with van der Waals surface area (Å²) >= 11 is 12.1. The first-order valence-corrected chi connectivity index (χ1v) is 13.4. The van der Waals surface area contributed by atoms with Crippen LogP contribution >= 0.6 is 23.2 Å². The predicted molar refractivity (Wildman–Crippen MR) is 129 cm³/mol. The zero-order chi connectivity index (χ0) is 24.8. The third-order valence-corrected chi connectivity index (χ3v) is 8.67. The van der Waals surface area contributed by atoms with E-state index >= 15 is 0 Å². The quantitative estimate of drug-likeness (QED) is 0.503. The van der Waals surface area contributed by atoms with E-state index in [1.54, 1.807) is 32.0 Å². The SMILES string of the molecule is Cc1ccc(S(=O)(=O)N(NC2=NS(=O)(=O)c3ccccc32)C(=O)c2ccc(Cl)cc2Cl)c(C)c1. The lowest BCUT2D eigenvalue weighted by Crippen LogP contribution is -2.50. The molecule has 1 N–H and O–H groups in total. The number of nitrogens with one attached hydrogen (secondary N) is 1. The molecule has 0 atom stereocenters. The number of fused-ring (bicyclic) bond motifs is 1. The third kappa shape index (κ3) is 4.29. The van der Waals surface area contributed by atoms with Gasteiger partial charge in [-0.25, -0.2) is 0 Å². The van der Waals surface area contributed by atoms with Crippen molar-refractivity contribution in [1.29, 1.82) is 0 Å². The number of aryl methyl sites for hydroxylation is 2. The smallest absolute Gasteiger partial charge is 0.266 e. The first kappa shape index (κ1) is 24.2. The number of halogens is 2. The fourth-order valence-electron chi connectivity index (χ4n) is 3.46. The molecule has 0 saturated heterocycles. The van der Waals surface area contributed by atoms with E-state index in [4.69, 9.17) is 23.2 Å². The van der Waals surface area contributed by atoms with Crippen LogP contribution in [-0.4, -0.2) is 33.0 Å². The monoisotopic (exact) mass is 537 g/mol. The van der Waals surface area contributed by atoms with Crippen molar-refractivity contribution >= 4 is 55.0 Å². The number of sulfonamides is 2. The summed E-state index contributed by atoms with van der Waals surface area (Å²) in [4.78, 5) is 13.2. The van der Waals surface area contributed by atoms with E-state index in [9.17, 15) is 21.6 Å². The minimum atomic E-state index is -4.54. The van der Waals surface area contributed by atoms with Gasteiger partial charge in [-0.3, -0.25) is 10.2 Å². The fourth-order valence-corrected chi connectivity index (χ4v) is 6.55. The van der Waals surface area contributed by atoms with E-state index < -0.39 is 26.0 Å². The molecule has 3 aromatic carbocycles. The fraction of sp³-hybridized carbons (Fsp3) is 0.0909. The summed E-state index contributed by atoms with van der Waals surface area (Å²) in [6.45, 7) is 3.39. The maximum Gasteiger partial charge on any atom is 0.288 e. The molecule has 1 aliphatic heterocycles. The van der Waals surface area contributed by atoms with Crippen molar-refractivity contribution < 1.29 is 21.6 Å². The lowest BCUT2D eigenvalue weighted by molar-refractivity contribution is 0.0838. The third-order valence-electron chi connectivity index (χ3n) is 5.03. The van der Waals surface area contributed by atoms with Crippen molar-refractivity contribution in [3.05, 3.63) is 93.0 Å². The van der Waals surface area contributed by atoms with Gasteiger partial charge in [0.15, 0.2) is 5.84 Å². The molecule has 4 rings (SSSR count). The number of hydrogen-bond acceptors (Lipinski definition) is 6. The van der Waals surface area contributed by atoms with Crippen LogP contribution in [0, 0.1) is 13.8 Å². The summed E-state index contributed by atoms with van der Waals surface area (Å²) in [7, 11) is -8.62. The number of benzene rings is 3. The van der Waals surface area contributed by atoms with Gasteiger partial charge < -0.3 is 0 Å². The van der Waals surface area contributed by atoms with Crippen molar-refractivity contribution in [3.63, 3.8) is 0 Å².